The quantitative estimate of drug-likeness (QED) is 0.688. The minimum Gasteiger partial charge on any atom is -0.363 e. The zero-order valence-corrected chi connectivity index (χ0v) is 18.0. The van der Waals surface area contributed by atoms with Crippen molar-refractivity contribution in [1.82, 2.24) is 4.98 Å². The number of anilines is 2. The smallest absolute Gasteiger partial charge is 0.363 e. The van der Waals surface area contributed by atoms with Crippen LogP contribution in [0.4, 0.5) is 24.7 Å². The Kier molecular flexibility index (Phi) is 5.85. The average molecular weight is 419 g/mol. The molecule has 1 aliphatic heterocycles. The fourth-order valence-electron chi connectivity index (χ4n) is 3.73. The van der Waals surface area contributed by atoms with Crippen LogP contribution < -0.4 is 10.2 Å². The highest BCUT2D eigenvalue weighted by molar-refractivity contribution is 5.91. The molecule has 2 aromatic rings. The van der Waals surface area contributed by atoms with Gasteiger partial charge in [0.25, 0.3) is 0 Å². The molecule has 1 amide bonds. The van der Waals surface area contributed by atoms with Crippen molar-refractivity contribution >= 4 is 17.4 Å². The summed E-state index contributed by atoms with van der Waals surface area (Å²) < 4.78 is 39.1. The van der Waals surface area contributed by atoms with Gasteiger partial charge >= 0.3 is 6.18 Å². The minimum atomic E-state index is -4.36. The Morgan fingerprint density at radius 2 is 1.93 bits per heavy atom. The van der Waals surface area contributed by atoms with E-state index < -0.39 is 11.7 Å². The normalized spacial score (nSPS) is 16.5. The van der Waals surface area contributed by atoms with Crippen molar-refractivity contribution in [2.45, 2.75) is 66.2 Å². The van der Waals surface area contributed by atoms with Gasteiger partial charge in [0.15, 0.2) is 0 Å². The second-order valence-corrected chi connectivity index (χ2v) is 9.28. The van der Waals surface area contributed by atoms with Gasteiger partial charge in [-0.2, -0.15) is 13.2 Å². The molecule has 0 fully saturated rings. The lowest BCUT2D eigenvalue weighted by molar-refractivity contribution is -0.137. The molecule has 4 nitrogen and oxygen atoms in total. The second kappa shape index (κ2) is 7.93. The van der Waals surface area contributed by atoms with Crippen LogP contribution in [0.1, 0.15) is 56.5 Å². The Morgan fingerprint density at radius 1 is 1.23 bits per heavy atom. The fraction of sp³-hybridized carbons (Fsp3) is 0.478. The number of carbonyl (C=O) groups excluding carboxylic acids is 1. The van der Waals surface area contributed by atoms with Crippen LogP contribution in [0.25, 0.3) is 0 Å². The van der Waals surface area contributed by atoms with Crippen LogP contribution in [0, 0.1) is 12.3 Å². The van der Waals surface area contributed by atoms with E-state index in [1.165, 1.54) is 12.1 Å². The highest BCUT2D eigenvalue weighted by atomic mass is 19.4. The zero-order chi connectivity index (χ0) is 22.3. The van der Waals surface area contributed by atoms with Crippen molar-refractivity contribution < 1.29 is 18.0 Å². The van der Waals surface area contributed by atoms with Gasteiger partial charge in [-0.15, -0.1) is 0 Å². The number of hydrogen-bond donors (Lipinski definition) is 1. The van der Waals surface area contributed by atoms with E-state index >= 15 is 0 Å². The summed E-state index contributed by atoms with van der Waals surface area (Å²) in [6, 6.07) is 7.50. The molecule has 0 saturated heterocycles. The van der Waals surface area contributed by atoms with Crippen LogP contribution in [-0.4, -0.2) is 16.9 Å². The van der Waals surface area contributed by atoms with Crippen molar-refractivity contribution in [3.05, 3.63) is 52.7 Å². The predicted octanol–water partition coefficient (Wildman–Crippen LogP) is 5.73. The van der Waals surface area contributed by atoms with Crippen molar-refractivity contribution in [2.75, 3.05) is 10.2 Å². The number of nitrogens with zero attached hydrogens (tertiary/aromatic N) is 2. The molecule has 0 aliphatic carbocycles. The summed E-state index contributed by atoms with van der Waals surface area (Å²) in [5.41, 5.74) is 2.44. The SMILES string of the molecule is Cc1cc2c(nc1NC(=O)CC(C)(C)C)C[C@H](C)N2Cc1cccc(C(F)(F)F)c1. The predicted molar refractivity (Wildman–Crippen MR) is 112 cm³/mol. The second-order valence-electron chi connectivity index (χ2n) is 9.28. The molecule has 0 unspecified atom stereocenters. The third kappa shape index (κ3) is 5.12. The maximum Gasteiger partial charge on any atom is 0.416 e. The van der Waals surface area contributed by atoms with Crippen molar-refractivity contribution in [3.8, 4) is 0 Å². The lowest BCUT2D eigenvalue weighted by Gasteiger charge is -2.25. The van der Waals surface area contributed by atoms with Crippen LogP contribution in [0.3, 0.4) is 0 Å². The first kappa shape index (κ1) is 22.1. The summed E-state index contributed by atoms with van der Waals surface area (Å²) >= 11 is 0. The molecule has 0 radical (unpaired) electrons. The maximum absolute atomic E-state index is 13.0. The molecule has 1 atom stereocenters. The number of carbonyl (C=O) groups is 1. The number of pyridine rings is 1. The Morgan fingerprint density at radius 3 is 2.57 bits per heavy atom. The lowest BCUT2D eigenvalue weighted by atomic mass is 9.92. The van der Waals surface area contributed by atoms with Gasteiger partial charge in [0.05, 0.1) is 16.9 Å². The van der Waals surface area contributed by atoms with E-state index in [1.54, 1.807) is 6.07 Å². The number of hydrogen-bond acceptors (Lipinski definition) is 3. The van der Waals surface area contributed by atoms with Crippen molar-refractivity contribution in [1.29, 1.82) is 0 Å². The molecule has 1 aromatic carbocycles. The minimum absolute atomic E-state index is 0.0788. The molecular weight excluding hydrogens is 391 g/mol. The van der Waals surface area contributed by atoms with Crippen LogP contribution >= 0.6 is 0 Å². The number of alkyl halides is 3. The van der Waals surface area contributed by atoms with E-state index in [0.717, 1.165) is 23.0 Å². The largest absolute Gasteiger partial charge is 0.416 e. The number of rotatable bonds is 4. The highest BCUT2D eigenvalue weighted by Gasteiger charge is 2.32. The summed E-state index contributed by atoms with van der Waals surface area (Å²) in [5, 5.41) is 2.91. The van der Waals surface area contributed by atoms with Crippen LogP contribution in [0.15, 0.2) is 30.3 Å². The number of fused-ring (bicyclic) bond motifs is 1. The van der Waals surface area contributed by atoms with Crippen molar-refractivity contribution in [2.24, 2.45) is 5.41 Å². The molecule has 0 saturated carbocycles. The average Bonchev–Trinajstić information content (AvgIpc) is 2.88. The summed E-state index contributed by atoms with van der Waals surface area (Å²) in [4.78, 5) is 19.1. The fourth-order valence-corrected chi connectivity index (χ4v) is 3.73. The molecule has 2 heterocycles. The Hall–Kier alpha value is -2.57. The molecule has 30 heavy (non-hydrogen) atoms. The van der Waals surface area contributed by atoms with E-state index in [4.69, 9.17) is 0 Å². The molecule has 7 heteroatoms. The zero-order valence-electron chi connectivity index (χ0n) is 18.0. The van der Waals surface area contributed by atoms with Crippen LogP contribution in [0.2, 0.25) is 0 Å². The lowest BCUT2D eigenvalue weighted by Crippen LogP contribution is -2.28. The van der Waals surface area contributed by atoms with Gasteiger partial charge in [0.1, 0.15) is 5.82 Å². The van der Waals surface area contributed by atoms with Crippen molar-refractivity contribution in [3.63, 3.8) is 0 Å². The standard InChI is InChI=1S/C23H28F3N3O/c1-14-9-19-18(27-21(14)28-20(30)12-22(3,4)5)10-15(2)29(19)13-16-7-6-8-17(11-16)23(24,25)26/h6-9,11,15H,10,12-13H2,1-5H3,(H,27,28,30)/t15-/m0/s1. The number of aromatic nitrogens is 1. The molecule has 1 aromatic heterocycles. The van der Waals surface area contributed by atoms with E-state index in [1.807, 2.05) is 40.7 Å². The van der Waals surface area contributed by atoms with Crippen LogP contribution in [0.5, 0.6) is 0 Å². The molecule has 162 valence electrons. The number of halogens is 3. The van der Waals surface area contributed by atoms with Crippen LogP contribution in [-0.2, 0) is 23.9 Å². The summed E-state index contributed by atoms with van der Waals surface area (Å²) in [6.45, 7) is 10.3. The van der Waals surface area contributed by atoms with Gasteiger partial charge in [-0.3, -0.25) is 4.79 Å². The first-order chi connectivity index (χ1) is 13.8. The first-order valence-electron chi connectivity index (χ1n) is 10.1. The number of aryl methyl sites for hydroxylation is 1. The number of nitrogens with one attached hydrogen (secondary N) is 1. The van der Waals surface area contributed by atoms with Gasteiger partial charge < -0.3 is 10.2 Å². The van der Waals surface area contributed by atoms with E-state index in [0.29, 0.717) is 30.8 Å². The van der Waals surface area contributed by atoms with E-state index in [-0.39, 0.29) is 17.4 Å². The first-order valence-corrected chi connectivity index (χ1v) is 10.1. The summed E-state index contributed by atoms with van der Waals surface area (Å²) in [5.74, 6) is 0.473. The highest BCUT2D eigenvalue weighted by Crippen LogP contribution is 2.36. The third-order valence-corrected chi connectivity index (χ3v) is 5.16. The molecule has 0 spiro atoms. The Bertz CT molecular complexity index is 948. The van der Waals surface area contributed by atoms with Gasteiger partial charge in [-0.25, -0.2) is 4.98 Å². The van der Waals surface area contributed by atoms with Gasteiger partial charge in [0, 0.05) is 25.4 Å². The Labute approximate surface area is 175 Å². The molecule has 1 aliphatic rings. The van der Waals surface area contributed by atoms with E-state index in [9.17, 15) is 18.0 Å². The molecule has 3 rings (SSSR count). The number of benzene rings is 1. The van der Waals surface area contributed by atoms with Gasteiger partial charge in [-0.1, -0.05) is 32.9 Å². The van der Waals surface area contributed by atoms with E-state index in [2.05, 4.69) is 15.2 Å². The summed E-state index contributed by atoms with van der Waals surface area (Å²) in [6.07, 6.45) is -3.29. The third-order valence-electron chi connectivity index (χ3n) is 5.16. The molecule has 0 bridgehead atoms. The summed E-state index contributed by atoms with van der Waals surface area (Å²) in [7, 11) is 0. The monoisotopic (exact) mass is 419 g/mol. The van der Waals surface area contributed by atoms with Gasteiger partial charge in [-0.05, 0) is 48.6 Å². The Balaban J connectivity index is 1.82. The molecular formula is C23H28F3N3O. The molecule has 1 N–H and O–H groups in total. The topological polar surface area (TPSA) is 45.2 Å². The maximum atomic E-state index is 13.0. The number of amides is 1. The van der Waals surface area contributed by atoms with Gasteiger partial charge in [0.2, 0.25) is 5.91 Å².